The summed E-state index contributed by atoms with van der Waals surface area (Å²) in [4.78, 5) is 31.4. The van der Waals surface area contributed by atoms with Gasteiger partial charge in [0.25, 0.3) is 0 Å². The number of rotatable bonds is 7. The minimum atomic E-state index is -0.335. The fourth-order valence-corrected chi connectivity index (χ4v) is 2.66. The number of aromatic nitrogens is 4. The van der Waals surface area contributed by atoms with Gasteiger partial charge in [-0.1, -0.05) is 24.3 Å². The maximum Gasteiger partial charge on any atom is 0.242 e. The molecule has 2 aromatic heterocycles. The predicted octanol–water partition coefficient (Wildman–Crippen LogP) is 2.14. The molecule has 3 rings (SSSR count). The van der Waals surface area contributed by atoms with E-state index in [9.17, 15) is 9.18 Å². The maximum absolute atomic E-state index is 13.9. The van der Waals surface area contributed by atoms with Crippen LogP contribution in [0.25, 0.3) is 11.2 Å². The molecule has 26 heavy (non-hydrogen) atoms. The quantitative estimate of drug-likeness (QED) is 0.658. The Morgan fingerprint density at radius 1 is 1.31 bits per heavy atom. The Balaban J connectivity index is 1.76. The number of hydrogen-bond donors (Lipinski definition) is 1. The van der Waals surface area contributed by atoms with Gasteiger partial charge in [0.15, 0.2) is 11.5 Å². The van der Waals surface area contributed by atoms with Crippen molar-refractivity contribution in [3.8, 4) is 0 Å². The summed E-state index contributed by atoms with van der Waals surface area (Å²) in [5.74, 6) is 0.0740. The molecule has 2 heterocycles. The largest absolute Gasteiger partial charge is 0.348 e. The van der Waals surface area contributed by atoms with Crippen molar-refractivity contribution in [2.24, 2.45) is 0 Å². The maximum atomic E-state index is 13.9. The fraction of sp³-hybridized carbons (Fsp3) is 0.222. The number of carbonyl (C=O) groups is 1. The number of benzene rings is 1. The van der Waals surface area contributed by atoms with Crippen LogP contribution in [0, 0.1) is 5.82 Å². The molecule has 1 amide bonds. The first kappa shape index (κ1) is 17.5. The Morgan fingerprint density at radius 3 is 2.88 bits per heavy atom. The van der Waals surface area contributed by atoms with Crippen molar-refractivity contribution in [2.75, 3.05) is 25.0 Å². The van der Waals surface area contributed by atoms with Crippen LogP contribution in [0.3, 0.4) is 0 Å². The Hall–Kier alpha value is -3.29. The van der Waals surface area contributed by atoms with E-state index in [1.54, 1.807) is 41.1 Å². The van der Waals surface area contributed by atoms with Crippen LogP contribution in [0.15, 0.2) is 49.6 Å². The van der Waals surface area contributed by atoms with Crippen molar-refractivity contribution < 1.29 is 9.18 Å². The van der Waals surface area contributed by atoms with Gasteiger partial charge in [-0.05, 0) is 6.07 Å². The second kappa shape index (κ2) is 7.73. The molecule has 0 bridgehead atoms. The van der Waals surface area contributed by atoms with Crippen molar-refractivity contribution in [1.29, 1.82) is 0 Å². The molecule has 0 saturated carbocycles. The van der Waals surface area contributed by atoms with E-state index < -0.39 is 0 Å². The van der Waals surface area contributed by atoms with Gasteiger partial charge in [-0.2, -0.15) is 0 Å². The lowest BCUT2D eigenvalue weighted by Crippen LogP contribution is -2.39. The molecule has 0 unspecified atom stereocenters. The summed E-state index contributed by atoms with van der Waals surface area (Å²) >= 11 is 0. The summed E-state index contributed by atoms with van der Waals surface area (Å²) in [6.07, 6.45) is 4.55. The molecule has 0 aliphatic carbocycles. The third kappa shape index (κ3) is 3.69. The average molecular weight is 354 g/mol. The number of fused-ring (bicyclic) bond motifs is 1. The van der Waals surface area contributed by atoms with Gasteiger partial charge >= 0.3 is 0 Å². The number of imidazole rings is 1. The number of likely N-dealkylation sites (N-methyl/N-ethyl adjacent to an activating group) is 1. The van der Waals surface area contributed by atoms with Gasteiger partial charge < -0.3 is 14.8 Å². The Morgan fingerprint density at radius 2 is 2.12 bits per heavy atom. The Labute approximate surface area is 150 Å². The van der Waals surface area contributed by atoms with Crippen molar-refractivity contribution >= 4 is 22.9 Å². The first-order valence-corrected chi connectivity index (χ1v) is 8.07. The summed E-state index contributed by atoms with van der Waals surface area (Å²) < 4.78 is 13.9. The van der Waals surface area contributed by atoms with E-state index in [1.165, 1.54) is 18.7 Å². The lowest BCUT2D eigenvalue weighted by molar-refractivity contribution is -0.129. The van der Waals surface area contributed by atoms with Crippen LogP contribution >= 0.6 is 0 Å². The number of nitrogens with zero attached hydrogens (tertiary/aromatic N) is 5. The number of carbonyl (C=O) groups excluding carboxylic acids is 1. The number of hydrogen-bond acceptors (Lipinski definition) is 5. The molecule has 1 N–H and O–H groups in total. The molecule has 0 spiro atoms. The standard InChI is InChI=1S/C18H19FN6O/c1-3-8-25(9-13-6-4-5-7-14(13)19)15(26)10-24(2)18-16-17(21-11-20-16)22-12-23-18/h3-7,11-12H,1,8-10H2,2H3,(H,20,21,22,23). The van der Waals surface area contributed by atoms with E-state index in [2.05, 4.69) is 26.5 Å². The molecule has 0 radical (unpaired) electrons. The monoisotopic (exact) mass is 354 g/mol. The van der Waals surface area contributed by atoms with Gasteiger partial charge in [0.05, 0.1) is 12.9 Å². The van der Waals surface area contributed by atoms with E-state index in [1.807, 2.05) is 0 Å². The van der Waals surface area contributed by atoms with Gasteiger partial charge in [0.1, 0.15) is 17.7 Å². The topological polar surface area (TPSA) is 78.0 Å². The Bertz CT molecular complexity index is 925. The zero-order valence-electron chi connectivity index (χ0n) is 14.4. The molecular formula is C18H19FN6O. The second-order valence-corrected chi connectivity index (χ2v) is 5.81. The number of halogens is 1. The van der Waals surface area contributed by atoms with E-state index in [4.69, 9.17) is 0 Å². The van der Waals surface area contributed by atoms with E-state index >= 15 is 0 Å². The summed E-state index contributed by atoms with van der Waals surface area (Å²) in [5, 5.41) is 0. The first-order chi connectivity index (χ1) is 12.6. The zero-order chi connectivity index (χ0) is 18.5. The van der Waals surface area contributed by atoms with E-state index in [-0.39, 0.29) is 24.8 Å². The fourth-order valence-electron chi connectivity index (χ4n) is 2.66. The van der Waals surface area contributed by atoms with Gasteiger partial charge in [0, 0.05) is 25.7 Å². The van der Waals surface area contributed by atoms with Crippen molar-refractivity contribution in [3.63, 3.8) is 0 Å². The summed E-state index contributed by atoms with van der Waals surface area (Å²) in [6.45, 7) is 4.26. The molecular weight excluding hydrogens is 335 g/mol. The smallest absolute Gasteiger partial charge is 0.242 e. The van der Waals surface area contributed by atoms with Crippen LogP contribution in [0.1, 0.15) is 5.56 Å². The minimum Gasteiger partial charge on any atom is -0.348 e. The highest BCUT2D eigenvalue weighted by Gasteiger charge is 2.19. The highest BCUT2D eigenvalue weighted by Crippen LogP contribution is 2.18. The lowest BCUT2D eigenvalue weighted by atomic mass is 10.2. The normalized spacial score (nSPS) is 10.7. The number of anilines is 1. The molecule has 0 atom stereocenters. The minimum absolute atomic E-state index is 0.0768. The van der Waals surface area contributed by atoms with Gasteiger partial charge in [-0.3, -0.25) is 4.79 Å². The highest BCUT2D eigenvalue weighted by molar-refractivity contribution is 5.87. The second-order valence-electron chi connectivity index (χ2n) is 5.81. The SMILES string of the molecule is C=CCN(Cc1ccccc1F)C(=O)CN(C)c1ncnc2nc[nH]c12. The number of H-pyrrole nitrogens is 1. The molecule has 0 aliphatic rings. The summed E-state index contributed by atoms with van der Waals surface area (Å²) in [5.41, 5.74) is 1.65. The molecule has 3 aromatic rings. The first-order valence-electron chi connectivity index (χ1n) is 8.07. The third-order valence-corrected chi connectivity index (χ3v) is 3.96. The molecule has 0 aliphatic heterocycles. The van der Waals surface area contributed by atoms with E-state index in [0.29, 0.717) is 29.1 Å². The number of amides is 1. The Kier molecular flexibility index (Phi) is 5.21. The predicted molar refractivity (Wildman–Crippen MR) is 97.0 cm³/mol. The molecule has 8 heteroatoms. The summed E-state index contributed by atoms with van der Waals surface area (Å²) in [7, 11) is 1.76. The van der Waals surface area contributed by atoms with Crippen molar-refractivity contribution in [2.45, 2.75) is 6.54 Å². The molecule has 1 aromatic carbocycles. The molecule has 0 fully saturated rings. The van der Waals surface area contributed by atoms with Crippen LogP contribution in [-0.4, -0.2) is 50.9 Å². The molecule has 7 nitrogen and oxygen atoms in total. The number of aromatic amines is 1. The lowest BCUT2D eigenvalue weighted by Gasteiger charge is -2.25. The molecule has 134 valence electrons. The van der Waals surface area contributed by atoms with E-state index in [0.717, 1.165) is 0 Å². The van der Waals surface area contributed by atoms with Crippen LogP contribution in [0.2, 0.25) is 0 Å². The van der Waals surface area contributed by atoms with Crippen molar-refractivity contribution in [1.82, 2.24) is 24.8 Å². The van der Waals surface area contributed by atoms with Crippen LogP contribution in [0.4, 0.5) is 10.2 Å². The van der Waals surface area contributed by atoms with Crippen LogP contribution in [-0.2, 0) is 11.3 Å². The average Bonchev–Trinajstić information content (AvgIpc) is 3.11. The van der Waals surface area contributed by atoms with Gasteiger partial charge in [0.2, 0.25) is 5.91 Å². The van der Waals surface area contributed by atoms with Gasteiger partial charge in [-0.15, -0.1) is 6.58 Å². The van der Waals surface area contributed by atoms with Crippen LogP contribution in [0.5, 0.6) is 0 Å². The summed E-state index contributed by atoms with van der Waals surface area (Å²) in [6, 6.07) is 6.42. The zero-order valence-corrected chi connectivity index (χ0v) is 14.4. The van der Waals surface area contributed by atoms with Crippen molar-refractivity contribution in [3.05, 3.63) is 61.0 Å². The molecule has 0 saturated heterocycles. The van der Waals surface area contributed by atoms with Crippen LogP contribution < -0.4 is 4.90 Å². The number of nitrogens with one attached hydrogen (secondary N) is 1. The van der Waals surface area contributed by atoms with Gasteiger partial charge in [-0.25, -0.2) is 19.3 Å². The highest BCUT2D eigenvalue weighted by atomic mass is 19.1. The third-order valence-electron chi connectivity index (χ3n) is 3.96.